The summed E-state index contributed by atoms with van der Waals surface area (Å²) in [5.74, 6) is 0.253. The van der Waals surface area contributed by atoms with Crippen LogP contribution in [0.4, 0.5) is 5.69 Å². The lowest BCUT2D eigenvalue weighted by Crippen LogP contribution is -2.05. The van der Waals surface area contributed by atoms with Gasteiger partial charge in [0, 0.05) is 25.3 Å². The zero-order valence-electron chi connectivity index (χ0n) is 8.25. The highest BCUT2D eigenvalue weighted by molar-refractivity contribution is 5.52. The Morgan fingerprint density at radius 3 is 2.62 bits per heavy atom. The summed E-state index contributed by atoms with van der Waals surface area (Å²) in [6.45, 7) is 2.31. The van der Waals surface area contributed by atoms with Crippen molar-refractivity contribution in [3.05, 3.63) is 29.8 Å². The van der Waals surface area contributed by atoms with Crippen molar-refractivity contribution in [1.29, 1.82) is 0 Å². The number of para-hydroxylation sites is 1. The smallest absolute Gasteiger partial charge is 0.0500 e. The highest BCUT2D eigenvalue weighted by Crippen LogP contribution is 2.25. The number of rotatable bonds is 4. The van der Waals surface area contributed by atoms with Gasteiger partial charge in [0.2, 0.25) is 0 Å². The van der Waals surface area contributed by atoms with E-state index in [-0.39, 0.29) is 12.5 Å². The minimum atomic E-state index is 0.217. The van der Waals surface area contributed by atoms with Gasteiger partial charge in [0.05, 0.1) is 0 Å². The Morgan fingerprint density at radius 1 is 1.38 bits per heavy atom. The number of benzene rings is 1. The van der Waals surface area contributed by atoms with Gasteiger partial charge in [0.15, 0.2) is 0 Å². The molecule has 0 saturated heterocycles. The number of aliphatic hydroxyl groups excluding tert-OH is 1. The lowest BCUT2D eigenvalue weighted by molar-refractivity contribution is 0.262. The summed E-state index contributed by atoms with van der Waals surface area (Å²) in [5, 5.41) is 12.3. The van der Waals surface area contributed by atoms with Crippen LogP contribution < -0.4 is 5.32 Å². The molecule has 0 radical (unpaired) electrons. The monoisotopic (exact) mass is 179 g/mol. The topological polar surface area (TPSA) is 32.3 Å². The lowest BCUT2D eigenvalue weighted by Gasteiger charge is -2.16. The van der Waals surface area contributed by atoms with Crippen LogP contribution in [0.5, 0.6) is 0 Å². The van der Waals surface area contributed by atoms with Crippen LogP contribution in [0, 0.1) is 0 Å². The van der Waals surface area contributed by atoms with Gasteiger partial charge in [-0.15, -0.1) is 0 Å². The third-order valence-corrected chi connectivity index (χ3v) is 2.38. The summed E-state index contributed by atoms with van der Waals surface area (Å²) < 4.78 is 0. The van der Waals surface area contributed by atoms with E-state index in [2.05, 4.69) is 18.3 Å². The second-order valence-corrected chi connectivity index (χ2v) is 3.12. The van der Waals surface area contributed by atoms with Crippen LogP contribution in [0.2, 0.25) is 0 Å². The summed E-state index contributed by atoms with van der Waals surface area (Å²) in [5.41, 5.74) is 2.32. The SMILES string of the molecule is CCC(CO)c1ccccc1NC. The van der Waals surface area contributed by atoms with Gasteiger partial charge in [-0.2, -0.15) is 0 Å². The molecule has 0 aliphatic carbocycles. The quantitative estimate of drug-likeness (QED) is 0.742. The largest absolute Gasteiger partial charge is 0.396 e. The van der Waals surface area contributed by atoms with Gasteiger partial charge >= 0.3 is 0 Å². The van der Waals surface area contributed by atoms with E-state index in [1.165, 1.54) is 5.56 Å². The van der Waals surface area contributed by atoms with E-state index < -0.39 is 0 Å². The molecule has 2 heteroatoms. The molecule has 0 spiro atoms. The molecule has 0 fully saturated rings. The first-order chi connectivity index (χ1) is 6.33. The van der Waals surface area contributed by atoms with Gasteiger partial charge in [0.25, 0.3) is 0 Å². The summed E-state index contributed by atoms with van der Waals surface area (Å²) in [6.07, 6.45) is 0.967. The Labute approximate surface area is 79.6 Å². The zero-order valence-corrected chi connectivity index (χ0v) is 8.25. The van der Waals surface area contributed by atoms with Crippen molar-refractivity contribution < 1.29 is 5.11 Å². The van der Waals surface area contributed by atoms with Gasteiger partial charge < -0.3 is 10.4 Å². The van der Waals surface area contributed by atoms with E-state index in [1.807, 2.05) is 25.2 Å². The normalized spacial score (nSPS) is 12.5. The van der Waals surface area contributed by atoms with Crippen molar-refractivity contribution in [3.63, 3.8) is 0 Å². The minimum absolute atomic E-state index is 0.217. The molecule has 1 unspecified atom stereocenters. The maximum absolute atomic E-state index is 9.17. The van der Waals surface area contributed by atoms with E-state index >= 15 is 0 Å². The van der Waals surface area contributed by atoms with Crippen molar-refractivity contribution in [1.82, 2.24) is 0 Å². The highest BCUT2D eigenvalue weighted by Gasteiger charge is 2.10. The molecule has 0 bridgehead atoms. The molecule has 2 nitrogen and oxygen atoms in total. The molecular weight excluding hydrogens is 162 g/mol. The fourth-order valence-corrected chi connectivity index (χ4v) is 1.53. The Kier molecular flexibility index (Phi) is 3.77. The predicted molar refractivity (Wildman–Crippen MR) is 56.1 cm³/mol. The summed E-state index contributed by atoms with van der Waals surface area (Å²) in [7, 11) is 1.91. The van der Waals surface area contributed by atoms with E-state index in [0.717, 1.165) is 12.1 Å². The van der Waals surface area contributed by atoms with Crippen molar-refractivity contribution in [2.75, 3.05) is 19.0 Å². The van der Waals surface area contributed by atoms with Crippen LogP contribution in [0.3, 0.4) is 0 Å². The first kappa shape index (κ1) is 10.1. The molecule has 0 aromatic heterocycles. The molecule has 1 aromatic carbocycles. The van der Waals surface area contributed by atoms with Gasteiger partial charge in [0.1, 0.15) is 0 Å². The number of hydrogen-bond acceptors (Lipinski definition) is 2. The van der Waals surface area contributed by atoms with Crippen LogP contribution in [-0.4, -0.2) is 18.8 Å². The molecule has 0 heterocycles. The van der Waals surface area contributed by atoms with Gasteiger partial charge in [-0.1, -0.05) is 25.1 Å². The van der Waals surface area contributed by atoms with E-state index in [9.17, 15) is 5.11 Å². The lowest BCUT2D eigenvalue weighted by atomic mass is 9.96. The Hall–Kier alpha value is -1.02. The second-order valence-electron chi connectivity index (χ2n) is 3.12. The third kappa shape index (κ3) is 2.22. The van der Waals surface area contributed by atoms with Crippen molar-refractivity contribution in [2.45, 2.75) is 19.3 Å². The molecule has 0 aliphatic heterocycles. The molecular formula is C11H17NO. The number of anilines is 1. The molecule has 13 heavy (non-hydrogen) atoms. The van der Waals surface area contributed by atoms with E-state index in [4.69, 9.17) is 0 Å². The minimum Gasteiger partial charge on any atom is -0.396 e. The van der Waals surface area contributed by atoms with Gasteiger partial charge in [-0.05, 0) is 18.1 Å². The van der Waals surface area contributed by atoms with Crippen molar-refractivity contribution in [2.24, 2.45) is 0 Å². The van der Waals surface area contributed by atoms with E-state index in [1.54, 1.807) is 0 Å². The molecule has 2 N–H and O–H groups in total. The standard InChI is InChI=1S/C11H17NO/c1-3-9(8-13)10-6-4-5-7-11(10)12-2/h4-7,9,12-13H,3,8H2,1-2H3. The number of nitrogens with one attached hydrogen (secondary N) is 1. The third-order valence-electron chi connectivity index (χ3n) is 2.38. The molecule has 72 valence electrons. The molecule has 0 aliphatic rings. The Bertz CT molecular complexity index is 256. The maximum atomic E-state index is 9.17. The number of hydrogen-bond donors (Lipinski definition) is 2. The molecule has 0 saturated carbocycles. The molecule has 0 amide bonds. The van der Waals surface area contributed by atoms with Crippen LogP contribution >= 0.6 is 0 Å². The average Bonchev–Trinajstić information content (AvgIpc) is 2.20. The second kappa shape index (κ2) is 4.87. The maximum Gasteiger partial charge on any atom is 0.0500 e. The van der Waals surface area contributed by atoms with E-state index in [0.29, 0.717) is 0 Å². The van der Waals surface area contributed by atoms with Crippen LogP contribution in [-0.2, 0) is 0 Å². The molecule has 1 atom stereocenters. The van der Waals surface area contributed by atoms with Crippen molar-refractivity contribution >= 4 is 5.69 Å². The van der Waals surface area contributed by atoms with Crippen LogP contribution in [0.1, 0.15) is 24.8 Å². The predicted octanol–water partition coefficient (Wildman–Crippen LogP) is 2.21. The fourth-order valence-electron chi connectivity index (χ4n) is 1.53. The summed E-state index contributed by atoms with van der Waals surface area (Å²) >= 11 is 0. The summed E-state index contributed by atoms with van der Waals surface area (Å²) in [6, 6.07) is 8.11. The zero-order chi connectivity index (χ0) is 9.68. The highest BCUT2D eigenvalue weighted by atomic mass is 16.3. The fraction of sp³-hybridized carbons (Fsp3) is 0.455. The molecule has 1 rings (SSSR count). The van der Waals surface area contributed by atoms with Gasteiger partial charge in [-0.25, -0.2) is 0 Å². The van der Waals surface area contributed by atoms with Crippen LogP contribution in [0.25, 0.3) is 0 Å². The van der Waals surface area contributed by atoms with Crippen molar-refractivity contribution in [3.8, 4) is 0 Å². The summed E-state index contributed by atoms with van der Waals surface area (Å²) in [4.78, 5) is 0. The first-order valence-electron chi connectivity index (χ1n) is 4.71. The average molecular weight is 179 g/mol. The molecule has 1 aromatic rings. The van der Waals surface area contributed by atoms with Crippen LogP contribution in [0.15, 0.2) is 24.3 Å². The Balaban J connectivity index is 2.96. The Morgan fingerprint density at radius 2 is 2.08 bits per heavy atom. The number of aliphatic hydroxyl groups is 1. The first-order valence-corrected chi connectivity index (χ1v) is 4.71. The van der Waals surface area contributed by atoms with Gasteiger partial charge in [-0.3, -0.25) is 0 Å².